The molecule has 0 bridgehead atoms. The topological polar surface area (TPSA) is 88.8 Å². The second-order valence-electron chi connectivity index (χ2n) is 8.83. The van der Waals surface area contributed by atoms with Crippen molar-refractivity contribution in [3.05, 3.63) is 28.7 Å². The van der Waals surface area contributed by atoms with Gasteiger partial charge in [0.1, 0.15) is 6.61 Å². The second-order valence-corrected chi connectivity index (χ2v) is 8.83. The predicted octanol–water partition coefficient (Wildman–Crippen LogP) is 2.65. The highest BCUT2D eigenvalue weighted by Gasteiger charge is 2.32. The number of nitrogens with one attached hydrogen (secondary N) is 1. The average Bonchev–Trinajstić information content (AvgIpc) is 3.48. The minimum absolute atomic E-state index is 0.00289. The number of carbonyl (C=O) groups excluding carboxylic acids is 2. The van der Waals surface area contributed by atoms with E-state index in [0.717, 1.165) is 60.5 Å². The number of amides is 2. The minimum Gasteiger partial charge on any atom is -0.375 e. The number of hydrogen-bond donors (Lipinski definition) is 1. The molecule has 1 aliphatic heterocycles. The van der Waals surface area contributed by atoms with E-state index in [0.29, 0.717) is 18.9 Å². The smallest absolute Gasteiger partial charge is 0.249 e. The molecule has 31 heavy (non-hydrogen) atoms. The van der Waals surface area contributed by atoms with Crippen molar-refractivity contribution in [2.24, 2.45) is 0 Å². The number of aromatic nitrogens is 3. The summed E-state index contributed by atoms with van der Waals surface area (Å²) in [7, 11) is 1.54. The highest BCUT2D eigenvalue weighted by Crippen LogP contribution is 2.32. The molecule has 1 N–H and O–H groups in total. The number of rotatable bonds is 7. The molecule has 0 unspecified atom stereocenters. The van der Waals surface area contributed by atoms with Crippen molar-refractivity contribution in [2.75, 3.05) is 20.3 Å². The van der Waals surface area contributed by atoms with Crippen molar-refractivity contribution in [1.82, 2.24) is 24.8 Å². The summed E-state index contributed by atoms with van der Waals surface area (Å²) in [5.74, 6) is 0.113. The molecule has 3 heterocycles. The van der Waals surface area contributed by atoms with Crippen LogP contribution in [0, 0.1) is 13.8 Å². The number of nitrogens with zero attached hydrogens (tertiary/aromatic N) is 4. The summed E-state index contributed by atoms with van der Waals surface area (Å²) in [6, 6.07) is 2.29. The molecule has 0 radical (unpaired) electrons. The van der Waals surface area contributed by atoms with Crippen molar-refractivity contribution in [3.8, 4) is 0 Å². The Morgan fingerprint density at radius 1 is 1.19 bits per heavy atom. The molecular formula is C23H33N5O3. The van der Waals surface area contributed by atoms with Gasteiger partial charge in [-0.15, -0.1) is 0 Å². The van der Waals surface area contributed by atoms with Crippen molar-refractivity contribution >= 4 is 17.5 Å². The van der Waals surface area contributed by atoms with E-state index in [1.807, 2.05) is 29.3 Å². The molecule has 2 aliphatic rings. The van der Waals surface area contributed by atoms with Gasteiger partial charge in [-0.2, -0.15) is 5.10 Å². The van der Waals surface area contributed by atoms with Crippen LogP contribution in [-0.4, -0.2) is 57.6 Å². The Hall–Kier alpha value is -2.48. The quantitative estimate of drug-likeness (QED) is 0.734. The lowest BCUT2D eigenvalue weighted by Gasteiger charge is -2.22. The Bertz CT molecular complexity index is 964. The van der Waals surface area contributed by atoms with E-state index in [2.05, 4.69) is 5.32 Å². The first kappa shape index (κ1) is 21.7. The molecule has 8 nitrogen and oxygen atoms in total. The summed E-state index contributed by atoms with van der Waals surface area (Å²) >= 11 is 0. The Morgan fingerprint density at radius 3 is 2.71 bits per heavy atom. The second kappa shape index (κ2) is 9.34. The van der Waals surface area contributed by atoms with E-state index in [-0.39, 0.29) is 24.5 Å². The Morgan fingerprint density at radius 2 is 1.97 bits per heavy atom. The maximum atomic E-state index is 12.4. The van der Waals surface area contributed by atoms with Crippen LogP contribution >= 0.6 is 0 Å². The summed E-state index contributed by atoms with van der Waals surface area (Å²) in [6.45, 7) is 4.85. The summed E-state index contributed by atoms with van der Waals surface area (Å²) in [5, 5.41) is 7.98. The molecule has 1 saturated heterocycles. The maximum Gasteiger partial charge on any atom is 0.249 e. The van der Waals surface area contributed by atoms with Gasteiger partial charge >= 0.3 is 0 Å². The Labute approximate surface area is 183 Å². The van der Waals surface area contributed by atoms with Crippen LogP contribution in [-0.2, 0) is 20.7 Å². The van der Waals surface area contributed by atoms with Crippen LogP contribution in [0.2, 0.25) is 0 Å². The van der Waals surface area contributed by atoms with Crippen LogP contribution in [0.5, 0.6) is 0 Å². The Kier molecular flexibility index (Phi) is 6.55. The largest absolute Gasteiger partial charge is 0.375 e. The molecule has 1 atom stereocenters. The van der Waals surface area contributed by atoms with Crippen LogP contribution in [0.25, 0.3) is 5.65 Å². The fraction of sp³-hybridized carbons (Fsp3) is 0.652. The zero-order chi connectivity index (χ0) is 22.0. The number of carbonyl (C=O) groups is 2. The average molecular weight is 428 g/mol. The fourth-order valence-corrected chi connectivity index (χ4v) is 5.06. The predicted molar refractivity (Wildman–Crippen MR) is 117 cm³/mol. The third-order valence-corrected chi connectivity index (χ3v) is 6.69. The van der Waals surface area contributed by atoms with Gasteiger partial charge in [-0.05, 0) is 51.5 Å². The van der Waals surface area contributed by atoms with Gasteiger partial charge in [0.05, 0.1) is 11.7 Å². The highest BCUT2D eigenvalue weighted by atomic mass is 16.5. The zero-order valence-corrected chi connectivity index (χ0v) is 18.8. The molecule has 168 valence electrons. The van der Waals surface area contributed by atoms with Gasteiger partial charge in [-0.1, -0.05) is 12.8 Å². The number of likely N-dealkylation sites (tertiary alicyclic amines) is 1. The van der Waals surface area contributed by atoms with Crippen molar-refractivity contribution < 1.29 is 14.3 Å². The van der Waals surface area contributed by atoms with Crippen LogP contribution < -0.4 is 5.32 Å². The molecule has 1 saturated carbocycles. The normalized spacial score (nSPS) is 19.5. The molecule has 0 aromatic carbocycles. The van der Waals surface area contributed by atoms with E-state index >= 15 is 0 Å². The lowest BCUT2D eigenvalue weighted by atomic mass is 10.1. The molecule has 2 aromatic heterocycles. The maximum absolute atomic E-state index is 12.4. The molecule has 2 amide bonds. The van der Waals surface area contributed by atoms with Gasteiger partial charge in [0, 0.05) is 43.6 Å². The SMILES string of the molecule is COCC(=O)N1CCC[C@@H]1c1cc2nc(C)c(CCC(=O)NC3CCCC3)c(C)n2n1. The number of hydrogen-bond acceptors (Lipinski definition) is 5. The lowest BCUT2D eigenvalue weighted by Crippen LogP contribution is -2.33. The first-order chi connectivity index (χ1) is 15.0. The number of fused-ring (bicyclic) bond motifs is 1. The fourth-order valence-electron chi connectivity index (χ4n) is 5.06. The van der Waals surface area contributed by atoms with Gasteiger partial charge in [0.25, 0.3) is 0 Å². The molecule has 0 spiro atoms. The van der Waals surface area contributed by atoms with Gasteiger partial charge in [-0.25, -0.2) is 9.50 Å². The van der Waals surface area contributed by atoms with Gasteiger partial charge < -0.3 is 15.0 Å². The Balaban J connectivity index is 1.51. The molecule has 2 aromatic rings. The zero-order valence-electron chi connectivity index (χ0n) is 18.8. The summed E-state index contributed by atoms with van der Waals surface area (Å²) < 4.78 is 6.90. The standard InChI is InChI=1S/C23H33N5O3/c1-15-18(10-11-22(29)25-17-7-4-5-8-17)16(2)28-21(24-15)13-19(26-28)20-9-6-12-27(20)23(30)14-31-3/h13,17,20H,4-12,14H2,1-3H3,(H,25,29)/t20-/m1/s1. The number of methoxy groups -OCH3 is 1. The molecule has 8 heteroatoms. The van der Waals surface area contributed by atoms with Crippen molar-refractivity contribution in [3.63, 3.8) is 0 Å². The van der Waals surface area contributed by atoms with Crippen molar-refractivity contribution in [2.45, 2.75) is 77.3 Å². The van der Waals surface area contributed by atoms with E-state index in [4.69, 9.17) is 14.8 Å². The van der Waals surface area contributed by atoms with E-state index in [9.17, 15) is 9.59 Å². The molecular weight excluding hydrogens is 394 g/mol. The third kappa shape index (κ3) is 4.59. The summed E-state index contributed by atoms with van der Waals surface area (Å²) in [4.78, 5) is 31.4. The van der Waals surface area contributed by atoms with E-state index in [1.165, 1.54) is 12.8 Å². The van der Waals surface area contributed by atoms with Crippen LogP contribution in [0.15, 0.2) is 6.07 Å². The first-order valence-corrected chi connectivity index (χ1v) is 11.4. The minimum atomic E-state index is -0.0373. The first-order valence-electron chi connectivity index (χ1n) is 11.4. The van der Waals surface area contributed by atoms with Gasteiger partial charge in [-0.3, -0.25) is 9.59 Å². The highest BCUT2D eigenvalue weighted by molar-refractivity contribution is 5.78. The summed E-state index contributed by atoms with van der Waals surface area (Å²) in [6.07, 6.45) is 7.57. The molecule has 1 aliphatic carbocycles. The van der Waals surface area contributed by atoms with Crippen molar-refractivity contribution in [1.29, 1.82) is 0 Å². The van der Waals surface area contributed by atoms with Crippen LogP contribution in [0.1, 0.15) is 73.6 Å². The monoisotopic (exact) mass is 427 g/mol. The van der Waals surface area contributed by atoms with Gasteiger partial charge in [0.2, 0.25) is 11.8 Å². The summed E-state index contributed by atoms with van der Waals surface area (Å²) in [5.41, 5.74) is 4.67. The van der Waals surface area contributed by atoms with E-state index < -0.39 is 0 Å². The number of aryl methyl sites for hydroxylation is 2. The molecule has 4 rings (SSSR count). The van der Waals surface area contributed by atoms with Crippen LogP contribution in [0.3, 0.4) is 0 Å². The number of ether oxygens (including phenoxy) is 1. The lowest BCUT2D eigenvalue weighted by molar-refractivity contribution is -0.136. The van der Waals surface area contributed by atoms with Crippen LogP contribution in [0.4, 0.5) is 0 Å². The third-order valence-electron chi connectivity index (χ3n) is 6.69. The van der Waals surface area contributed by atoms with Gasteiger partial charge in [0.15, 0.2) is 5.65 Å². The molecule has 2 fully saturated rings. The van der Waals surface area contributed by atoms with E-state index in [1.54, 1.807) is 7.11 Å².